The van der Waals surface area contributed by atoms with Gasteiger partial charge in [0.2, 0.25) is 0 Å². The second kappa shape index (κ2) is 5.60. The molecule has 19 heavy (non-hydrogen) atoms. The van der Waals surface area contributed by atoms with Gasteiger partial charge in [-0.1, -0.05) is 25.5 Å². The van der Waals surface area contributed by atoms with Gasteiger partial charge in [-0.2, -0.15) is 0 Å². The van der Waals surface area contributed by atoms with Crippen molar-refractivity contribution in [1.82, 2.24) is 4.98 Å². The minimum Gasteiger partial charge on any atom is -0.384 e. The number of pyridine rings is 1. The Bertz CT molecular complexity index is 600. The van der Waals surface area contributed by atoms with Crippen LogP contribution in [0.5, 0.6) is 0 Å². The van der Waals surface area contributed by atoms with Gasteiger partial charge in [-0.05, 0) is 50.8 Å². The van der Waals surface area contributed by atoms with E-state index in [1.54, 1.807) is 0 Å². The van der Waals surface area contributed by atoms with E-state index in [9.17, 15) is 0 Å². The van der Waals surface area contributed by atoms with Crippen molar-refractivity contribution >= 4 is 16.6 Å². The number of nitrogens with one attached hydrogen (secondary N) is 1. The Labute approximate surface area is 116 Å². The van der Waals surface area contributed by atoms with E-state index in [2.05, 4.69) is 52.1 Å². The molecule has 2 rings (SSSR count). The summed E-state index contributed by atoms with van der Waals surface area (Å²) in [6, 6.07) is 4.47. The summed E-state index contributed by atoms with van der Waals surface area (Å²) in [6.07, 6.45) is 2.12. The van der Waals surface area contributed by atoms with Crippen molar-refractivity contribution in [2.24, 2.45) is 0 Å². The molecule has 2 nitrogen and oxygen atoms in total. The molecular formula is C17H24N2. The normalized spacial score (nSPS) is 11.0. The largest absolute Gasteiger partial charge is 0.384 e. The first kappa shape index (κ1) is 13.9. The zero-order valence-electron chi connectivity index (χ0n) is 12.7. The van der Waals surface area contributed by atoms with Crippen LogP contribution >= 0.6 is 0 Å². The van der Waals surface area contributed by atoms with Crippen molar-refractivity contribution < 1.29 is 0 Å². The van der Waals surface area contributed by atoms with Crippen LogP contribution in [0.1, 0.15) is 42.7 Å². The average Bonchev–Trinajstić information content (AvgIpc) is 2.37. The minimum atomic E-state index is 0.982. The maximum atomic E-state index is 4.86. The third-order valence-corrected chi connectivity index (χ3v) is 3.66. The SMILES string of the molecule is CCCNc1c(C)c(CC)nc2c(C)cc(C)cc12. The molecule has 0 atom stereocenters. The highest BCUT2D eigenvalue weighted by Gasteiger charge is 2.12. The fourth-order valence-electron chi connectivity index (χ4n) is 2.69. The first-order valence-corrected chi connectivity index (χ1v) is 7.22. The molecule has 0 unspecified atom stereocenters. The van der Waals surface area contributed by atoms with E-state index < -0.39 is 0 Å². The number of hydrogen-bond acceptors (Lipinski definition) is 2. The lowest BCUT2D eigenvalue weighted by atomic mass is 10.0. The van der Waals surface area contributed by atoms with Crippen LogP contribution in [-0.2, 0) is 6.42 Å². The van der Waals surface area contributed by atoms with Crippen molar-refractivity contribution in [3.8, 4) is 0 Å². The predicted molar refractivity (Wildman–Crippen MR) is 84.1 cm³/mol. The Balaban J connectivity index is 2.75. The molecule has 1 aromatic heterocycles. The third-order valence-electron chi connectivity index (χ3n) is 3.66. The highest BCUT2D eigenvalue weighted by molar-refractivity contribution is 5.95. The fourth-order valence-corrected chi connectivity index (χ4v) is 2.69. The number of aryl methyl sites for hydroxylation is 3. The summed E-state index contributed by atoms with van der Waals surface area (Å²) >= 11 is 0. The lowest BCUT2D eigenvalue weighted by molar-refractivity contribution is 0.970. The lowest BCUT2D eigenvalue weighted by Gasteiger charge is -2.17. The molecule has 0 radical (unpaired) electrons. The Kier molecular flexibility index (Phi) is 4.08. The van der Waals surface area contributed by atoms with E-state index in [1.165, 1.54) is 33.5 Å². The van der Waals surface area contributed by atoms with E-state index >= 15 is 0 Å². The molecule has 0 bridgehead atoms. The molecule has 0 saturated carbocycles. The standard InChI is InChI=1S/C17H24N2/c1-6-8-18-17-13(5)15(7-2)19-16-12(4)9-11(3)10-14(16)17/h9-10H,6-8H2,1-5H3,(H,18,19). The van der Waals surface area contributed by atoms with Gasteiger partial charge in [0.15, 0.2) is 0 Å². The van der Waals surface area contributed by atoms with Crippen LogP contribution in [0.3, 0.4) is 0 Å². The number of nitrogens with zero attached hydrogens (tertiary/aromatic N) is 1. The number of fused-ring (bicyclic) bond motifs is 1. The van der Waals surface area contributed by atoms with Crippen LogP contribution in [0, 0.1) is 20.8 Å². The van der Waals surface area contributed by atoms with Crippen molar-refractivity contribution in [1.29, 1.82) is 0 Å². The summed E-state index contributed by atoms with van der Waals surface area (Å²) in [7, 11) is 0. The third kappa shape index (κ3) is 2.58. The van der Waals surface area contributed by atoms with Crippen molar-refractivity contribution in [3.63, 3.8) is 0 Å². The highest BCUT2D eigenvalue weighted by atomic mass is 14.9. The van der Waals surface area contributed by atoms with Gasteiger partial charge in [0.05, 0.1) is 5.52 Å². The van der Waals surface area contributed by atoms with E-state index in [0.717, 1.165) is 24.9 Å². The summed E-state index contributed by atoms with van der Waals surface area (Å²) in [6.45, 7) is 11.9. The molecule has 2 aromatic rings. The summed E-state index contributed by atoms with van der Waals surface area (Å²) in [5.41, 5.74) is 7.49. The molecule has 1 aromatic carbocycles. The van der Waals surface area contributed by atoms with E-state index in [-0.39, 0.29) is 0 Å². The molecule has 0 fully saturated rings. The van der Waals surface area contributed by atoms with Gasteiger partial charge < -0.3 is 5.32 Å². The van der Waals surface area contributed by atoms with Crippen LogP contribution in [0.2, 0.25) is 0 Å². The number of hydrogen-bond donors (Lipinski definition) is 1. The second-order valence-corrected chi connectivity index (χ2v) is 5.32. The molecule has 0 spiro atoms. The second-order valence-electron chi connectivity index (χ2n) is 5.32. The Morgan fingerprint density at radius 3 is 2.47 bits per heavy atom. The molecule has 1 N–H and O–H groups in total. The minimum absolute atomic E-state index is 0.982. The Morgan fingerprint density at radius 2 is 1.84 bits per heavy atom. The van der Waals surface area contributed by atoms with E-state index in [0.29, 0.717) is 0 Å². The maximum Gasteiger partial charge on any atom is 0.0755 e. The molecule has 0 aliphatic rings. The molecular weight excluding hydrogens is 232 g/mol. The quantitative estimate of drug-likeness (QED) is 0.868. The topological polar surface area (TPSA) is 24.9 Å². The van der Waals surface area contributed by atoms with Gasteiger partial charge in [0.25, 0.3) is 0 Å². The summed E-state index contributed by atoms with van der Waals surface area (Å²) < 4.78 is 0. The number of aromatic nitrogens is 1. The van der Waals surface area contributed by atoms with E-state index in [1.807, 2.05) is 0 Å². The highest BCUT2D eigenvalue weighted by Crippen LogP contribution is 2.31. The summed E-state index contributed by atoms with van der Waals surface area (Å²) in [5, 5.41) is 4.86. The number of benzene rings is 1. The number of anilines is 1. The van der Waals surface area contributed by atoms with Gasteiger partial charge in [-0.15, -0.1) is 0 Å². The van der Waals surface area contributed by atoms with Crippen LogP contribution < -0.4 is 5.32 Å². The van der Waals surface area contributed by atoms with E-state index in [4.69, 9.17) is 4.98 Å². The Hall–Kier alpha value is -1.57. The summed E-state index contributed by atoms with van der Waals surface area (Å²) in [5.74, 6) is 0. The smallest absolute Gasteiger partial charge is 0.0755 e. The van der Waals surface area contributed by atoms with Crippen LogP contribution in [0.25, 0.3) is 10.9 Å². The van der Waals surface area contributed by atoms with Gasteiger partial charge in [-0.3, -0.25) is 4.98 Å². The molecule has 2 heteroatoms. The first-order chi connectivity index (χ1) is 9.08. The molecule has 0 amide bonds. The molecule has 102 valence electrons. The van der Waals surface area contributed by atoms with Gasteiger partial charge >= 0.3 is 0 Å². The summed E-state index contributed by atoms with van der Waals surface area (Å²) in [4.78, 5) is 4.86. The molecule has 0 aliphatic carbocycles. The average molecular weight is 256 g/mol. The van der Waals surface area contributed by atoms with Gasteiger partial charge in [-0.25, -0.2) is 0 Å². The fraction of sp³-hybridized carbons (Fsp3) is 0.471. The van der Waals surface area contributed by atoms with Crippen LogP contribution in [0.4, 0.5) is 5.69 Å². The number of rotatable bonds is 4. The molecule has 0 aliphatic heterocycles. The van der Waals surface area contributed by atoms with Crippen molar-refractivity contribution in [2.75, 3.05) is 11.9 Å². The lowest BCUT2D eigenvalue weighted by Crippen LogP contribution is -2.06. The Morgan fingerprint density at radius 1 is 1.11 bits per heavy atom. The molecule has 0 saturated heterocycles. The van der Waals surface area contributed by atoms with Crippen molar-refractivity contribution in [2.45, 2.75) is 47.5 Å². The van der Waals surface area contributed by atoms with Gasteiger partial charge in [0, 0.05) is 23.3 Å². The predicted octanol–water partition coefficient (Wildman–Crippen LogP) is 4.54. The first-order valence-electron chi connectivity index (χ1n) is 7.22. The zero-order valence-corrected chi connectivity index (χ0v) is 12.7. The van der Waals surface area contributed by atoms with Gasteiger partial charge in [0.1, 0.15) is 0 Å². The zero-order chi connectivity index (χ0) is 14.0. The van der Waals surface area contributed by atoms with Crippen molar-refractivity contribution in [3.05, 3.63) is 34.5 Å². The monoisotopic (exact) mass is 256 g/mol. The van der Waals surface area contributed by atoms with Crippen LogP contribution in [-0.4, -0.2) is 11.5 Å². The maximum absolute atomic E-state index is 4.86. The molecule has 1 heterocycles. The van der Waals surface area contributed by atoms with Crippen LogP contribution in [0.15, 0.2) is 12.1 Å².